The average molecular weight is 222 g/mol. The quantitative estimate of drug-likeness (QED) is 0.739. The molecule has 0 fully saturated rings. The molecule has 0 aromatic carbocycles. The van der Waals surface area contributed by atoms with Gasteiger partial charge in [-0.05, 0) is 6.42 Å². The van der Waals surface area contributed by atoms with Crippen LogP contribution in [0.15, 0.2) is 12.4 Å². The molecule has 0 N–H and O–H groups in total. The molecule has 88 valence electrons. The minimum absolute atomic E-state index is 0.0370. The first-order chi connectivity index (χ1) is 7.63. The Labute approximate surface area is 96.1 Å². The van der Waals surface area contributed by atoms with Gasteiger partial charge < -0.3 is 4.74 Å². The van der Waals surface area contributed by atoms with Crippen LogP contribution < -0.4 is 4.74 Å². The summed E-state index contributed by atoms with van der Waals surface area (Å²) in [5, 5.41) is 0. The van der Waals surface area contributed by atoms with E-state index in [1.54, 1.807) is 6.07 Å². The Morgan fingerprint density at radius 1 is 1.44 bits per heavy atom. The highest BCUT2D eigenvalue weighted by Crippen LogP contribution is 2.09. The van der Waals surface area contributed by atoms with Crippen LogP contribution in [0.25, 0.3) is 0 Å². The van der Waals surface area contributed by atoms with Crippen molar-refractivity contribution in [1.82, 2.24) is 9.97 Å². The van der Waals surface area contributed by atoms with E-state index in [2.05, 4.69) is 9.97 Å². The molecule has 0 aliphatic heterocycles. The van der Waals surface area contributed by atoms with Gasteiger partial charge in [-0.3, -0.25) is 4.79 Å². The zero-order chi connectivity index (χ0) is 12.0. The Morgan fingerprint density at radius 3 is 2.81 bits per heavy atom. The lowest BCUT2D eigenvalue weighted by Gasteiger charge is -2.06. The zero-order valence-electron chi connectivity index (χ0n) is 10.1. The van der Waals surface area contributed by atoms with Gasteiger partial charge in [-0.2, -0.15) is 0 Å². The van der Waals surface area contributed by atoms with Crippen LogP contribution in [0.2, 0.25) is 0 Å². The standard InChI is InChI=1S/C12H18N2O2/c1-4-5-16-12-7-10(13-8-14-12)6-11(15)9(2)3/h7-9H,4-6H2,1-3H3. The molecule has 0 radical (unpaired) electrons. The van der Waals surface area contributed by atoms with Gasteiger partial charge in [0.25, 0.3) is 0 Å². The van der Waals surface area contributed by atoms with E-state index in [1.165, 1.54) is 6.33 Å². The van der Waals surface area contributed by atoms with Gasteiger partial charge in [0.1, 0.15) is 12.1 Å². The van der Waals surface area contributed by atoms with E-state index in [4.69, 9.17) is 4.74 Å². The van der Waals surface area contributed by atoms with Crippen molar-refractivity contribution in [3.8, 4) is 5.88 Å². The van der Waals surface area contributed by atoms with Crippen molar-refractivity contribution in [1.29, 1.82) is 0 Å². The SMILES string of the molecule is CCCOc1cc(CC(=O)C(C)C)ncn1. The third-order valence-electron chi connectivity index (χ3n) is 2.15. The van der Waals surface area contributed by atoms with Gasteiger partial charge in [0.2, 0.25) is 5.88 Å². The largest absolute Gasteiger partial charge is 0.478 e. The molecule has 0 amide bonds. The van der Waals surface area contributed by atoms with E-state index in [9.17, 15) is 4.79 Å². The van der Waals surface area contributed by atoms with Gasteiger partial charge in [0.05, 0.1) is 12.3 Å². The summed E-state index contributed by atoms with van der Waals surface area (Å²) in [4.78, 5) is 19.6. The maximum Gasteiger partial charge on any atom is 0.216 e. The third-order valence-corrected chi connectivity index (χ3v) is 2.15. The fraction of sp³-hybridized carbons (Fsp3) is 0.583. The van der Waals surface area contributed by atoms with Crippen LogP contribution in [0, 0.1) is 5.92 Å². The number of carbonyl (C=O) groups is 1. The van der Waals surface area contributed by atoms with Crippen molar-refractivity contribution < 1.29 is 9.53 Å². The summed E-state index contributed by atoms with van der Waals surface area (Å²) in [6.45, 7) is 6.44. The molecule has 0 bridgehead atoms. The van der Waals surface area contributed by atoms with E-state index in [-0.39, 0.29) is 11.7 Å². The minimum Gasteiger partial charge on any atom is -0.478 e. The smallest absolute Gasteiger partial charge is 0.216 e. The second-order valence-corrected chi connectivity index (χ2v) is 3.99. The lowest BCUT2D eigenvalue weighted by molar-refractivity contribution is -0.121. The van der Waals surface area contributed by atoms with Crippen LogP contribution in [0.4, 0.5) is 0 Å². The van der Waals surface area contributed by atoms with Gasteiger partial charge in [0, 0.05) is 18.4 Å². The van der Waals surface area contributed by atoms with Crippen molar-refractivity contribution in [2.45, 2.75) is 33.6 Å². The number of aromatic nitrogens is 2. The van der Waals surface area contributed by atoms with E-state index in [0.717, 1.165) is 12.1 Å². The Balaban J connectivity index is 2.63. The van der Waals surface area contributed by atoms with Gasteiger partial charge in [-0.1, -0.05) is 20.8 Å². The first-order valence-electron chi connectivity index (χ1n) is 5.60. The Morgan fingerprint density at radius 2 is 2.19 bits per heavy atom. The van der Waals surface area contributed by atoms with Gasteiger partial charge in [-0.25, -0.2) is 9.97 Å². The van der Waals surface area contributed by atoms with Crippen molar-refractivity contribution in [3.05, 3.63) is 18.1 Å². The van der Waals surface area contributed by atoms with Crippen LogP contribution in [0.3, 0.4) is 0 Å². The van der Waals surface area contributed by atoms with Crippen LogP contribution in [0.5, 0.6) is 5.88 Å². The van der Waals surface area contributed by atoms with Gasteiger partial charge in [-0.15, -0.1) is 0 Å². The number of ketones is 1. The predicted octanol–water partition coefficient (Wildman–Crippen LogP) is 2.03. The zero-order valence-corrected chi connectivity index (χ0v) is 10.1. The van der Waals surface area contributed by atoms with Crippen LogP contribution in [0.1, 0.15) is 32.9 Å². The summed E-state index contributed by atoms with van der Waals surface area (Å²) in [5.41, 5.74) is 0.722. The number of rotatable bonds is 6. The monoisotopic (exact) mass is 222 g/mol. The summed E-state index contributed by atoms with van der Waals surface area (Å²) in [7, 11) is 0. The van der Waals surface area contributed by atoms with Gasteiger partial charge >= 0.3 is 0 Å². The highest BCUT2D eigenvalue weighted by molar-refractivity contribution is 5.82. The molecule has 0 aliphatic carbocycles. The molecule has 4 heteroatoms. The van der Waals surface area contributed by atoms with Crippen LogP contribution in [-0.4, -0.2) is 22.4 Å². The molecule has 4 nitrogen and oxygen atoms in total. The second-order valence-electron chi connectivity index (χ2n) is 3.99. The van der Waals surface area contributed by atoms with E-state index in [0.29, 0.717) is 18.9 Å². The highest BCUT2D eigenvalue weighted by Gasteiger charge is 2.10. The molecule has 0 saturated carbocycles. The molecule has 0 aliphatic rings. The first-order valence-corrected chi connectivity index (χ1v) is 5.60. The van der Waals surface area contributed by atoms with Crippen LogP contribution >= 0.6 is 0 Å². The molecule has 0 saturated heterocycles. The van der Waals surface area contributed by atoms with Crippen molar-refractivity contribution >= 4 is 5.78 Å². The summed E-state index contributed by atoms with van der Waals surface area (Å²) >= 11 is 0. The Kier molecular flexibility index (Phi) is 4.89. The first kappa shape index (κ1) is 12.6. The number of hydrogen-bond donors (Lipinski definition) is 0. The average Bonchev–Trinajstić information content (AvgIpc) is 2.26. The maximum absolute atomic E-state index is 11.5. The summed E-state index contributed by atoms with van der Waals surface area (Å²) in [5.74, 6) is 0.763. The minimum atomic E-state index is 0.0370. The van der Waals surface area contributed by atoms with Crippen molar-refractivity contribution in [2.24, 2.45) is 5.92 Å². The molecule has 16 heavy (non-hydrogen) atoms. The summed E-state index contributed by atoms with van der Waals surface area (Å²) in [6, 6.07) is 1.73. The van der Waals surface area contributed by atoms with E-state index in [1.807, 2.05) is 20.8 Å². The van der Waals surface area contributed by atoms with E-state index < -0.39 is 0 Å². The highest BCUT2D eigenvalue weighted by atomic mass is 16.5. The van der Waals surface area contributed by atoms with Crippen molar-refractivity contribution in [3.63, 3.8) is 0 Å². The van der Waals surface area contributed by atoms with Crippen molar-refractivity contribution in [2.75, 3.05) is 6.61 Å². The number of ether oxygens (including phenoxy) is 1. The molecule has 1 heterocycles. The number of hydrogen-bond acceptors (Lipinski definition) is 4. The fourth-order valence-corrected chi connectivity index (χ4v) is 1.14. The molecular weight excluding hydrogens is 204 g/mol. The summed E-state index contributed by atoms with van der Waals surface area (Å²) < 4.78 is 5.38. The predicted molar refractivity (Wildman–Crippen MR) is 61.4 cm³/mol. The molecule has 0 atom stereocenters. The Bertz CT molecular complexity index is 351. The lowest BCUT2D eigenvalue weighted by Crippen LogP contribution is -2.11. The maximum atomic E-state index is 11.5. The second kappa shape index (κ2) is 6.20. The molecular formula is C12H18N2O2. The number of carbonyl (C=O) groups excluding carboxylic acids is 1. The summed E-state index contributed by atoms with van der Waals surface area (Å²) in [6.07, 6.45) is 2.72. The molecule has 1 aromatic rings. The number of nitrogens with zero attached hydrogens (tertiary/aromatic N) is 2. The lowest BCUT2D eigenvalue weighted by atomic mass is 10.0. The molecule has 0 unspecified atom stereocenters. The number of Topliss-reactive ketones (excluding diaryl/α,β-unsaturated/α-hetero) is 1. The Hall–Kier alpha value is -1.45. The normalized spacial score (nSPS) is 10.5. The molecule has 1 rings (SSSR count). The fourth-order valence-electron chi connectivity index (χ4n) is 1.14. The molecule has 1 aromatic heterocycles. The van der Waals surface area contributed by atoms with Crippen LogP contribution in [-0.2, 0) is 11.2 Å². The third kappa shape index (κ3) is 3.96. The van der Waals surface area contributed by atoms with Gasteiger partial charge in [0.15, 0.2) is 0 Å². The topological polar surface area (TPSA) is 52.1 Å². The van der Waals surface area contributed by atoms with E-state index >= 15 is 0 Å². The molecule has 0 spiro atoms.